The topological polar surface area (TPSA) is 36.4 Å². The molecule has 0 heterocycles. The zero-order valence-electron chi connectivity index (χ0n) is 10.7. The lowest BCUT2D eigenvalue weighted by molar-refractivity contribution is 0.821. The highest BCUT2D eigenvalue weighted by atomic mass is 15.2. The normalized spacial score (nSPS) is 11.1. The number of nitrogens with zero attached hydrogens (tertiary/aromatic N) is 1. The molecule has 0 radical (unpaired) electrons. The van der Waals surface area contributed by atoms with Crippen LogP contribution >= 0.6 is 0 Å². The number of benzene rings is 1. The van der Waals surface area contributed by atoms with Crippen LogP contribution in [0.2, 0.25) is 0 Å². The predicted molar refractivity (Wildman–Crippen MR) is 74.4 cm³/mol. The van der Waals surface area contributed by atoms with Crippen molar-refractivity contribution >= 4 is 5.96 Å². The van der Waals surface area contributed by atoms with Gasteiger partial charge in [-0.2, -0.15) is 0 Å². The Hall–Kier alpha value is -1.77. The average Bonchev–Trinajstić information content (AvgIpc) is 2.36. The molecular weight excluding hydrogens is 210 g/mol. The van der Waals surface area contributed by atoms with Crippen LogP contribution in [0.4, 0.5) is 0 Å². The van der Waals surface area contributed by atoms with Gasteiger partial charge in [-0.25, -0.2) is 0 Å². The van der Waals surface area contributed by atoms with E-state index in [4.69, 9.17) is 0 Å². The first-order valence-corrected chi connectivity index (χ1v) is 5.87. The van der Waals surface area contributed by atoms with Crippen molar-refractivity contribution in [2.24, 2.45) is 4.99 Å². The Bertz CT molecular complexity index is 366. The molecule has 0 bridgehead atoms. The van der Waals surface area contributed by atoms with Crippen LogP contribution < -0.4 is 10.6 Å². The van der Waals surface area contributed by atoms with Crippen molar-refractivity contribution in [1.29, 1.82) is 0 Å². The fourth-order valence-corrected chi connectivity index (χ4v) is 1.47. The third kappa shape index (κ3) is 5.20. The van der Waals surface area contributed by atoms with Crippen LogP contribution in [-0.4, -0.2) is 26.1 Å². The van der Waals surface area contributed by atoms with E-state index in [2.05, 4.69) is 53.4 Å². The van der Waals surface area contributed by atoms with Gasteiger partial charge in [0.15, 0.2) is 5.96 Å². The van der Waals surface area contributed by atoms with Gasteiger partial charge in [0.25, 0.3) is 0 Å². The van der Waals surface area contributed by atoms with E-state index in [0.29, 0.717) is 0 Å². The van der Waals surface area contributed by atoms with Crippen molar-refractivity contribution in [1.82, 2.24) is 10.6 Å². The van der Waals surface area contributed by atoms with Gasteiger partial charge in [-0.05, 0) is 18.9 Å². The number of guanidine groups is 1. The van der Waals surface area contributed by atoms with Gasteiger partial charge in [-0.1, -0.05) is 35.9 Å². The summed E-state index contributed by atoms with van der Waals surface area (Å²) in [4.78, 5) is 4.12. The summed E-state index contributed by atoms with van der Waals surface area (Å²) in [5, 5.41) is 6.39. The van der Waals surface area contributed by atoms with E-state index in [1.807, 2.05) is 6.08 Å². The maximum Gasteiger partial charge on any atom is 0.191 e. The summed E-state index contributed by atoms with van der Waals surface area (Å²) in [6.45, 7) is 7.36. The minimum absolute atomic E-state index is 0.726. The highest BCUT2D eigenvalue weighted by Gasteiger charge is 1.96. The zero-order valence-corrected chi connectivity index (χ0v) is 10.7. The monoisotopic (exact) mass is 231 g/mol. The Balaban J connectivity index is 2.31. The van der Waals surface area contributed by atoms with E-state index in [1.165, 1.54) is 11.1 Å². The molecule has 0 amide bonds. The molecule has 2 N–H and O–H groups in total. The van der Waals surface area contributed by atoms with Crippen molar-refractivity contribution in [2.75, 3.05) is 20.1 Å². The van der Waals surface area contributed by atoms with Crippen LogP contribution in [0.3, 0.4) is 0 Å². The van der Waals surface area contributed by atoms with E-state index in [-0.39, 0.29) is 0 Å². The van der Waals surface area contributed by atoms with Gasteiger partial charge in [0.1, 0.15) is 0 Å². The number of hydrogen-bond acceptors (Lipinski definition) is 1. The second-order valence-corrected chi connectivity index (χ2v) is 3.90. The van der Waals surface area contributed by atoms with E-state index in [0.717, 1.165) is 25.5 Å². The Labute approximate surface area is 104 Å². The molecule has 0 spiro atoms. The highest BCUT2D eigenvalue weighted by Crippen LogP contribution is 2.02. The molecule has 1 aromatic carbocycles. The third-order valence-corrected chi connectivity index (χ3v) is 2.46. The lowest BCUT2D eigenvalue weighted by Crippen LogP contribution is -2.38. The SMILES string of the molecule is C=CCNC(=NC)NCCc1ccc(C)cc1. The molecule has 1 rings (SSSR count). The highest BCUT2D eigenvalue weighted by molar-refractivity contribution is 5.79. The molecule has 0 fully saturated rings. The molecule has 0 aliphatic rings. The zero-order chi connectivity index (χ0) is 12.5. The number of aryl methyl sites for hydroxylation is 1. The molecule has 3 nitrogen and oxygen atoms in total. The second kappa shape index (κ2) is 7.49. The lowest BCUT2D eigenvalue weighted by Gasteiger charge is -2.10. The molecule has 0 atom stereocenters. The van der Waals surface area contributed by atoms with Gasteiger partial charge >= 0.3 is 0 Å². The lowest BCUT2D eigenvalue weighted by atomic mass is 10.1. The van der Waals surface area contributed by atoms with Crippen LogP contribution in [0.15, 0.2) is 41.9 Å². The number of nitrogens with one attached hydrogen (secondary N) is 2. The van der Waals surface area contributed by atoms with E-state index in [9.17, 15) is 0 Å². The van der Waals surface area contributed by atoms with Crippen LogP contribution in [-0.2, 0) is 6.42 Å². The molecule has 0 aromatic heterocycles. The van der Waals surface area contributed by atoms with Crippen LogP contribution in [0.25, 0.3) is 0 Å². The molecule has 17 heavy (non-hydrogen) atoms. The summed E-state index contributed by atoms with van der Waals surface area (Å²) >= 11 is 0. The Morgan fingerprint density at radius 3 is 2.59 bits per heavy atom. The summed E-state index contributed by atoms with van der Waals surface area (Å²) < 4.78 is 0. The Morgan fingerprint density at radius 1 is 1.29 bits per heavy atom. The van der Waals surface area contributed by atoms with Crippen molar-refractivity contribution in [3.63, 3.8) is 0 Å². The number of rotatable bonds is 5. The molecule has 0 unspecified atom stereocenters. The number of hydrogen-bond donors (Lipinski definition) is 2. The predicted octanol–water partition coefficient (Wildman–Crippen LogP) is 1.89. The van der Waals surface area contributed by atoms with E-state index in [1.54, 1.807) is 7.05 Å². The van der Waals surface area contributed by atoms with Gasteiger partial charge in [-0.15, -0.1) is 6.58 Å². The summed E-state index contributed by atoms with van der Waals surface area (Å²) in [6, 6.07) is 8.61. The van der Waals surface area contributed by atoms with Crippen LogP contribution in [0.1, 0.15) is 11.1 Å². The Kier molecular flexibility index (Phi) is 5.86. The van der Waals surface area contributed by atoms with Crippen molar-refractivity contribution in [3.8, 4) is 0 Å². The largest absolute Gasteiger partial charge is 0.356 e. The van der Waals surface area contributed by atoms with Crippen LogP contribution in [0, 0.1) is 6.92 Å². The van der Waals surface area contributed by atoms with Gasteiger partial charge < -0.3 is 10.6 Å². The summed E-state index contributed by atoms with van der Waals surface area (Å²) in [5.41, 5.74) is 2.63. The van der Waals surface area contributed by atoms with Crippen molar-refractivity contribution < 1.29 is 0 Å². The maximum atomic E-state index is 4.12. The van der Waals surface area contributed by atoms with Gasteiger partial charge in [0.2, 0.25) is 0 Å². The summed E-state index contributed by atoms with van der Waals surface area (Å²) in [7, 11) is 1.77. The van der Waals surface area contributed by atoms with Gasteiger partial charge in [0, 0.05) is 20.1 Å². The molecule has 0 aliphatic carbocycles. The summed E-state index contributed by atoms with van der Waals surface area (Å²) in [6.07, 6.45) is 2.81. The van der Waals surface area contributed by atoms with E-state index < -0.39 is 0 Å². The molecule has 3 heteroatoms. The minimum Gasteiger partial charge on any atom is -0.356 e. The molecule has 92 valence electrons. The molecule has 0 saturated heterocycles. The van der Waals surface area contributed by atoms with Crippen molar-refractivity contribution in [3.05, 3.63) is 48.0 Å². The van der Waals surface area contributed by atoms with Gasteiger partial charge in [0.05, 0.1) is 0 Å². The minimum atomic E-state index is 0.726. The van der Waals surface area contributed by atoms with Crippen LogP contribution in [0.5, 0.6) is 0 Å². The van der Waals surface area contributed by atoms with Gasteiger partial charge in [-0.3, -0.25) is 4.99 Å². The smallest absolute Gasteiger partial charge is 0.191 e. The molecular formula is C14H21N3. The van der Waals surface area contributed by atoms with E-state index >= 15 is 0 Å². The molecule has 1 aromatic rings. The quantitative estimate of drug-likeness (QED) is 0.461. The molecule has 0 saturated carbocycles. The Morgan fingerprint density at radius 2 is 2.00 bits per heavy atom. The molecule has 0 aliphatic heterocycles. The maximum absolute atomic E-state index is 4.12. The first-order valence-electron chi connectivity index (χ1n) is 5.87. The first-order chi connectivity index (χ1) is 8.26. The van der Waals surface area contributed by atoms with Crippen molar-refractivity contribution in [2.45, 2.75) is 13.3 Å². The third-order valence-electron chi connectivity index (χ3n) is 2.46. The first kappa shape index (κ1) is 13.3. The standard InChI is InChI=1S/C14H21N3/c1-4-10-16-14(15-3)17-11-9-13-7-5-12(2)6-8-13/h4-8H,1,9-11H2,2-3H3,(H2,15,16,17). The average molecular weight is 231 g/mol. The fraction of sp³-hybridized carbons (Fsp3) is 0.357. The fourth-order valence-electron chi connectivity index (χ4n) is 1.47. The summed E-state index contributed by atoms with van der Waals surface area (Å²) in [5.74, 6) is 0.817. The number of aliphatic imine (C=N–C) groups is 1. The second-order valence-electron chi connectivity index (χ2n) is 3.90.